The van der Waals surface area contributed by atoms with Crippen molar-refractivity contribution in [1.29, 1.82) is 0 Å². The molecule has 2 aromatic carbocycles. The van der Waals surface area contributed by atoms with Crippen molar-refractivity contribution in [1.82, 2.24) is 0 Å². The molecule has 8 nitrogen and oxygen atoms in total. The van der Waals surface area contributed by atoms with Crippen LogP contribution in [0.2, 0.25) is 0 Å². The van der Waals surface area contributed by atoms with Gasteiger partial charge in [0.2, 0.25) is 11.8 Å². The van der Waals surface area contributed by atoms with Crippen LogP contribution in [0.1, 0.15) is 29.3 Å². The van der Waals surface area contributed by atoms with Crippen molar-refractivity contribution in [2.75, 3.05) is 16.8 Å². The second kappa shape index (κ2) is 7.36. The zero-order valence-corrected chi connectivity index (χ0v) is 14.6. The highest BCUT2D eigenvalue weighted by Crippen LogP contribution is 2.31. The van der Waals surface area contributed by atoms with Gasteiger partial charge in [0, 0.05) is 35.5 Å². The molecule has 0 spiro atoms. The van der Waals surface area contributed by atoms with E-state index in [-0.39, 0.29) is 30.3 Å². The summed E-state index contributed by atoms with van der Waals surface area (Å²) < 4.78 is 0. The quantitative estimate of drug-likeness (QED) is 0.496. The average Bonchev–Trinajstić information content (AvgIpc) is 2.63. The second-order valence-electron chi connectivity index (χ2n) is 6.24. The molecule has 27 heavy (non-hydrogen) atoms. The number of amides is 2. The molecule has 2 amide bonds. The molecule has 1 N–H and O–H groups in total. The summed E-state index contributed by atoms with van der Waals surface area (Å²) in [5.41, 5.74) is 2.05. The first-order chi connectivity index (χ1) is 12.8. The normalized spacial score (nSPS) is 13.1. The Balaban J connectivity index is 1.78. The second-order valence-corrected chi connectivity index (χ2v) is 6.24. The zero-order chi connectivity index (χ0) is 19.6. The van der Waals surface area contributed by atoms with E-state index in [0.29, 0.717) is 28.9 Å². The number of hydrogen-bond donors (Lipinski definition) is 1. The highest BCUT2D eigenvalue weighted by Gasteiger charge is 2.27. The predicted molar refractivity (Wildman–Crippen MR) is 98.8 cm³/mol. The largest absolute Gasteiger partial charge is 0.325 e. The van der Waals surface area contributed by atoms with Gasteiger partial charge < -0.3 is 10.2 Å². The topological polar surface area (TPSA) is 110 Å². The van der Waals surface area contributed by atoms with Crippen LogP contribution in [0.25, 0.3) is 0 Å². The van der Waals surface area contributed by atoms with Gasteiger partial charge in [0.05, 0.1) is 4.92 Å². The SMILES string of the molecule is CC(=O)c1cccc(NC(=O)CN2C(=O)CCc3cc([N+](=O)[O-])ccc32)c1. The Morgan fingerprint density at radius 2 is 1.96 bits per heavy atom. The van der Waals surface area contributed by atoms with E-state index in [2.05, 4.69) is 5.32 Å². The van der Waals surface area contributed by atoms with Crippen LogP contribution in [0.5, 0.6) is 0 Å². The number of benzene rings is 2. The van der Waals surface area contributed by atoms with E-state index in [9.17, 15) is 24.5 Å². The van der Waals surface area contributed by atoms with Gasteiger partial charge in [0.15, 0.2) is 5.78 Å². The molecule has 8 heteroatoms. The van der Waals surface area contributed by atoms with Crippen LogP contribution >= 0.6 is 0 Å². The number of Topliss-reactive ketones (excluding diaryl/α,β-unsaturated/α-hetero) is 1. The third-order valence-corrected chi connectivity index (χ3v) is 4.33. The van der Waals surface area contributed by atoms with E-state index in [1.165, 1.54) is 30.0 Å². The summed E-state index contributed by atoms with van der Waals surface area (Å²) in [5.74, 6) is -0.757. The van der Waals surface area contributed by atoms with E-state index < -0.39 is 10.8 Å². The number of rotatable bonds is 5. The Morgan fingerprint density at radius 3 is 2.67 bits per heavy atom. The standard InChI is InChI=1S/C19H17N3O5/c1-12(23)13-3-2-4-15(9-13)20-18(24)11-21-17-7-6-16(22(26)27)10-14(17)5-8-19(21)25/h2-4,6-7,9-10H,5,8,11H2,1H3,(H,20,24). The van der Waals surface area contributed by atoms with Gasteiger partial charge in [0.1, 0.15) is 6.54 Å². The van der Waals surface area contributed by atoms with Gasteiger partial charge in [-0.3, -0.25) is 24.5 Å². The van der Waals surface area contributed by atoms with Crippen molar-refractivity contribution >= 4 is 34.7 Å². The lowest BCUT2D eigenvalue weighted by Gasteiger charge is -2.28. The zero-order valence-electron chi connectivity index (χ0n) is 14.6. The highest BCUT2D eigenvalue weighted by molar-refractivity contribution is 6.04. The highest BCUT2D eigenvalue weighted by atomic mass is 16.6. The van der Waals surface area contributed by atoms with E-state index in [1.807, 2.05) is 0 Å². The minimum Gasteiger partial charge on any atom is -0.325 e. The number of non-ortho nitro benzene ring substituents is 1. The van der Waals surface area contributed by atoms with Crippen molar-refractivity contribution in [3.63, 3.8) is 0 Å². The summed E-state index contributed by atoms with van der Waals surface area (Å²) in [5, 5.41) is 13.6. The Hall–Kier alpha value is -3.55. The van der Waals surface area contributed by atoms with Crippen LogP contribution in [0.15, 0.2) is 42.5 Å². The van der Waals surface area contributed by atoms with Crippen LogP contribution in [0.3, 0.4) is 0 Å². The molecule has 138 valence electrons. The Kier molecular flexibility index (Phi) is 4.98. The molecule has 3 rings (SSSR count). The molecule has 1 aliphatic heterocycles. The molecule has 0 saturated heterocycles. The van der Waals surface area contributed by atoms with Crippen molar-refractivity contribution in [3.8, 4) is 0 Å². The van der Waals surface area contributed by atoms with Crippen LogP contribution in [-0.2, 0) is 16.0 Å². The summed E-state index contributed by atoms with van der Waals surface area (Å²) in [6.45, 7) is 1.22. The third-order valence-electron chi connectivity index (χ3n) is 4.33. The summed E-state index contributed by atoms with van der Waals surface area (Å²) >= 11 is 0. The van der Waals surface area contributed by atoms with Gasteiger partial charge in [-0.15, -0.1) is 0 Å². The molecule has 1 heterocycles. The minimum absolute atomic E-state index is 0.0476. The number of aryl methyl sites for hydroxylation is 1. The number of hydrogen-bond acceptors (Lipinski definition) is 5. The van der Waals surface area contributed by atoms with E-state index >= 15 is 0 Å². The first-order valence-electron chi connectivity index (χ1n) is 8.33. The lowest BCUT2D eigenvalue weighted by molar-refractivity contribution is -0.384. The number of nitrogens with one attached hydrogen (secondary N) is 1. The van der Waals surface area contributed by atoms with Gasteiger partial charge in [-0.25, -0.2) is 0 Å². The fraction of sp³-hybridized carbons (Fsp3) is 0.211. The molecule has 0 aliphatic carbocycles. The van der Waals surface area contributed by atoms with Crippen LogP contribution in [-0.4, -0.2) is 29.1 Å². The first kappa shape index (κ1) is 18.2. The summed E-state index contributed by atoms with van der Waals surface area (Å²) in [7, 11) is 0. The molecule has 2 aromatic rings. The lowest BCUT2D eigenvalue weighted by Crippen LogP contribution is -2.40. The van der Waals surface area contributed by atoms with Gasteiger partial charge >= 0.3 is 0 Å². The predicted octanol–water partition coefficient (Wildman–Crippen LogP) is 2.72. The fourth-order valence-corrected chi connectivity index (χ4v) is 2.99. The maximum Gasteiger partial charge on any atom is 0.269 e. The van der Waals surface area contributed by atoms with Crippen molar-refractivity contribution in [2.45, 2.75) is 19.8 Å². The van der Waals surface area contributed by atoms with Gasteiger partial charge in [-0.05, 0) is 37.1 Å². The number of anilines is 2. The molecular formula is C19H17N3O5. The Morgan fingerprint density at radius 1 is 1.19 bits per heavy atom. The summed E-state index contributed by atoms with van der Waals surface area (Å²) in [6.07, 6.45) is 0.579. The van der Waals surface area contributed by atoms with E-state index in [4.69, 9.17) is 0 Å². The van der Waals surface area contributed by atoms with Crippen molar-refractivity contribution < 1.29 is 19.3 Å². The smallest absolute Gasteiger partial charge is 0.269 e. The molecule has 0 saturated carbocycles. The first-order valence-corrected chi connectivity index (χ1v) is 8.33. The van der Waals surface area contributed by atoms with Crippen LogP contribution < -0.4 is 10.2 Å². The van der Waals surface area contributed by atoms with E-state index in [0.717, 1.165) is 0 Å². The number of nitro groups is 1. The monoisotopic (exact) mass is 367 g/mol. The minimum atomic E-state index is -0.490. The summed E-state index contributed by atoms with van der Waals surface area (Å²) in [6, 6.07) is 10.8. The Bertz CT molecular complexity index is 954. The number of carbonyl (C=O) groups excluding carboxylic acids is 3. The van der Waals surface area contributed by atoms with Gasteiger partial charge in [0.25, 0.3) is 5.69 Å². The molecule has 0 fully saturated rings. The average molecular weight is 367 g/mol. The van der Waals surface area contributed by atoms with Crippen LogP contribution in [0.4, 0.5) is 17.1 Å². The summed E-state index contributed by atoms with van der Waals surface area (Å²) in [4.78, 5) is 47.9. The molecule has 1 aliphatic rings. The lowest BCUT2D eigenvalue weighted by atomic mass is 10.0. The maximum atomic E-state index is 12.4. The molecule has 0 aromatic heterocycles. The maximum absolute atomic E-state index is 12.4. The van der Waals surface area contributed by atoms with Crippen molar-refractivity contribution in [2.24, 2.45) is 0 Å². The number of nitro benzene ring substituents is 1. The van der Waals surface area contributed by atoms with E-state index in [1.54, 1.807) is 24.3 Å². The molecule has 0 radical (unpaired) electrons. The molecule has 0 atom stereocenters. The number of ketones is 1. The molecule has 0 unspecified atom stereocenters. The third kappa shape index (κ3) is 4.00. The number of fused-ring (bicyclic) bond motifs is 1. The van der Waals surface area contributed by atoms with Gasteiger partial charge in [-0.2, -0.15) is 0 Å². The molecular weight excluding hydrogens is 350 g/mol. The fourth-order valence-electron chi connectivity index (χ4n) is 2.99. The van der Waals surface area contributed by atoms with Crippen molar-refractivity contribution in [3.05, 3.63) is 63.7 Å². The number of nitrogens with zero attached hydrogens (tertiary/aromatic N) is 2. The molecule has 0 bridgehead atoms. The van der Waals surface area contributed by atoms with Crippen LogP contribution in [0, 0.1) is 10.1 Å². The number of carbonyl (C=O) groups is 3. The Labute approximate surface area is 154 Å². The van der Waals surface area contributed by atoms with Gasteiger partial charge in [-0.1, -0.05) is 12.1 Å².